The fourth-order valence-electron chi connectivity index (χ4n) is 1.26. The Morgan fingerprint density at radius 3 is 2.83 bits per heavy atom. The number of thioether (sulfide) groups is 1. The Bertz CT molecular complexity index is 587. The Kier molecular flexibility index (Phi) is 3.78. The lowest BCUT2D eigenvalue weighted by Crippen LogP contribution is -2.11. The number of hydrogen-bond acceptors (Lipinski definition) is 6. The third-order valence-corrected chi connectivity index (χ3v) is 4.04. The van der Waals surface area contributed by atoms with Gasteiger partial charge in [0.15, 0.2) is 4.34 Å². The number of halogens is 1. The van der Waals surface area contributed by atoms with Crippen molar-refractivity contribution in [2.75, 3.05) is 5.73 Å². The van der Waals surface area contributed by atoms with Crippen LogP contribution in [0.25, 0.3) is 0 Å². The highest BCUT2D eigenvalue weighted by Gasteiger charge is 2.09. The summed E-state index contributed by atoms with van der Waals surface area (Å²) < 4.78 is 14.2. The maximum atomic E-state index is 13.5. The summed E-state index contributed by atoms with van der Waals surface area (Å²) >= 11 is 2.53. The van der Waals surface area contributed by atoms with Crippen molar-refractivity contribution in [1.29, 1.82) is 0 Å². The van der Waals surface area contributed by atoms with Crippen molar-refractivity contribution >= 4 is 34.1 Å². The highest BCUT2D eigenvalue weighted by atomic mass is 32.2. The van der Waals surface area contributed by atoms with Crippen molar-refractivity contribution in [2.45, 2.75) is 10.1 Å². The lowest BCUT2D eigenvalue weighted by molar-refractivity contribution is 0.1000. The van der Waals surface area contributed by atoms with Crippen LogP contribution in [0, 0.1) is 5.82 Å². The van der Waals surface area contributed by atoms with Crippen LogP contribution in [0.2, 0.25) is 0 Å². The van der Waals surface area contributed by atoms with Gasteiger partial charge in [-0.25, -0.2) is 4.39 Å². The number of rotatable bonds is 4. The number of carbonyl (C=O) groups excluding carboxylic acids is 1. The van der Waals surface area contributed by atoms with Crippen LogP contribution in [-0.2, 0) is 5.75 Å². The molecule has 4 N–H and O–H groups in total. The molecule has 2 rings (SSSR count). The lowest BCUT2D eigenvalue weighted by Gasteiger charge is -2.03. The summed E-state index contributed by atoms with van der Waals surface area (Å²) in [5.74, 6) is -0.631. The molecule has 1 aromatic carbocycles. The van der Waals surface area contributed by atoms with E-state index in [1.165, 1.54) is 41.3 Å². The van der Waals surface area contributed by atoms with Gasteiger partial charge < -0.3 is 11.5 Å². The predicted molar refractivity (Wildman–Crippen MR) is 68.8 cm³/mol. The van der Waals surface area contributed by atoms with Gasteiger partial charge in [-0.2, -0.15) is 0 Å². The molecule has 0 bridgehead atoms. The fraction of sp³-hybridized carbons (Fsp3) is 0.100. The molecule has 1 heterocycles. The van der Waals surface area contributed by atoms with Crippen LogP contribution in [0.5, 0.6) is 0 Å². The molecule has 5 nitrogen and oxygen atoms in total. The first-order valence-electron chi connectivity index (χ1n) is 4.86. The van der Waals surface area contributed by atoms with Gasteiger partial charge in [0.05, 0.1) is 0 Å². The van der Waals surface area contributed by atoms with E-state index in [1.54, 1.807) is 0 Å². The first-order chi connectivity index (χ1) is 8.56. The van der Waals surface area contributed by atoms with E-state index >= 15 is 0 Å². The van der Waals surface area contributed by atoms with Crippen molar-refractivity contribution in [2.24, 2.45) is 5.73 Å². The Balaban J connectivity index is 2.13. The number of hydrogen-bond donors (Lipinski definition) is 2. The summed E-state index contributed by atoms with van der Waals surface area (Å²) in [4.78, 5) is 11.0. The van der Waals surface area contributed by atoms with E-state index in [2.05, 4.69) is 10.2 Å². The summed E-state index contributed by atoms with van der Waals surface area (Å²) in [5, 5.41) is 7.83. The number of aromatic nitrogens is 2. The van der Waals surface area contributed by atoms with Crippen molar-refractivity contribution in [3.05, 3.63) is 35.1 Å². The molecule has 1 amide bonds. The third kappa shape index (κ3) is 2.96. The number of benzene rings is 1. The minimum Gasteiger partial charge on any atom is -0.374 e. The molecule has 1 aromatic heterocycles. The van der Waals surface area contributed by atoms with Crippen molar-refractivity contribution in [1.82, 2.24) is 10.2 Å². The molecular weight excluding hydrogens is 275 g/mol. The second kappa shape index (κ2) is 5.32. The maximum Gasteiger partial charge on any atom is 0.248 e. The average Bonchev–Trinajstić information content (AvgIpc) is 2.74. The molecule has 0 spiro atoms. The maximum absolute atomic E-state index is 13.5. The molecule has 94 valence electrons. The second-order valence-corrected chi connectivity index (χ2v) is 5.60. The van der Waals surface area contributed by atoms with Crippen molar-refractivity contribution < 1.29 is 9.18 Å². The molecule has 0 saturated heterocycles. The van der Waals surface area contributed by atoms with Crippen molar-refractivity contribution in [3.63, 3.8) is 0 Å². The van der Waals surface area contributed by atoms with Crippen LogP contribution in [-0.4, -0.2) is 16.1 Å². The monoisotopic (exact) mass is 284 g/mol. The number of nitrogen functional groups attached to an aromatic ring is 1. The van der Waals surface area contributed by atoms with Gasteiger partial charge in [0, 0.05) is 11.3 Å². The summed E-state index contributed by atoms with van der Waals surface area (Å²) in [5.41, 5.74) is 11.3. The van der Waals surface area contributed by atoms with Gasteiger partial charge in [-0.1, -0.05) is 23.1 Å². The van der Waals surface area contributed by atoms with Crippen LogP contribution in [0.1, 0.15) is 15.9 Å². The zero-order valence-electron chi connectivity index (χ0n) is 9.09. The minimum atomic E-state index is -0.582. The van der Waals surface area contributed by atoms with E-state index in [-0.39, 0.29) is 11.4 Å². The van der Waals surface area contributed by atoms with Gasteiger partial charge in [-0.05, 0) is 23.8 Å². The topological polar surface area (TPSA) is 94.9 Å². The molecule has 8 heteroatoms. The van der Waals surface area contributed by atoms with Crippen molar-refractivity contribution in [3.8, 4) is 0 Å². The number of nitrogens with zero attached hydrogens (tertiary/aromatic N) is 2. The first-order valence-corrected chi connectivity index (χ1v) is 6.66. The predicted octanol–water partition coefficient (Wildman–Crippen LogP) is 1.65. The zero-order chi connectivity index (χ0) is 13.1. The van der Waals surface area contributed by atoms with Gasteiger partial charge in [0.25, 0.3) is 0 Å². The molecule has 0 aliphatic heterocycles. The zero-order valence-corrected chi connectivity index (χ0v) is 10.7. The number of primary amides is 1. The molecule has 0 aliphatic carbocycles. The number of nitrogens with two attached hydrogens (primary N) is 2. The molecule has 2 aromatic rings. The summed E-state index contributed by atoms with van der Waals surface area (Å²) in [7, 11) is 0. The highest BCUT2D eigenvalue weighted by Crippen LogP contribution is 2.27. The van der Waals surface area contributed by atoms with Gasteiger partial charge in [-0.15, -0.1) is 10.2 Å². The number of anilines is 1. The smallest absolute Gasteiger partial charge is 0.248 e. The second-order valence-electron chi connectivity index (χ2n) is 3.37. The SMILES string of the molecule is NC(=O)c1ccc(F)c(CSc2nnc(N)s2)c1. The summed E-state index contributed by atoms with van der Waals surface area (Å²) in [6.45, 7) is 0. The van der Waals surface area contributed by atoms with Crippen LogP contribution >= 0.6 is 23.1 Å². The normalized spacial score (nSPS) is 10.5. The Hall–Kier alpha value is -1.67. The van der Waals surface area contributed by atoms with Crippen LogP contribution < -0.4 is 11.5 Å². The van der Waals surface area contributed by atoms with E-state index < -0.39 is 5.91 Å². The highest BCUT2D eigenvalue weighted by molar-refractivity contribution is 8.00. The van der Waals surface area contributed by atoms with E-state index in [4.69, 9.17) is 11.5 Å². The fourth-order valence-corrected chi connectivity index (χ4v) is 2.87. The largest absolute Gasteiger partial charge is 0.374 e. The summed E-state index contributed by atoms with van der Waals surface area (Å²) in [6.07, 6.45) is 0. The average molecular weight is 284 g/mol. The van der Waals surface area contributed by atoms with E-state index in [1.807, 2.05) is 0 Å². The van der Waals surface area contributed by atoms with Gasteiger partial charge in [0.2, 0.25) is 11.0 Å². The van der Waals surface area contributed by atoms with Crippen LogP contribution in [0.3, 0.4) is 0 Å². The summed E-state index contributed by atoms with van der Waals surface area (Å²) in [6, 6.07) is 4.02. The number of carbonyl (C=O) groups is 1. The van der Waals surface area contributed by atoms with Gasteiger partial charge in [0.1, 0.15) is 5.82 Å². The number of amides is 1. The standard InChI is InChI=1S/C10H9FN4OS2/c11-7-2-1-5(8(12)16)3-6(7)4-17-10-15-14-9(13)18-10/h1-3H,4H2,(H2,12,16)(H2,13,14). The van der Waals surface area contributed by atoms with E-state index in [0.29, 0.717) is 20.8 Å². The lowest BCUT2D eigenvalue weighted by atomic mass is 10.1. The van der Waals surface area contributed by atoms with Gasteiger partial charge in [-0.3, -0.25) is 4.79 Å². The van der Waals surface area contributed by atoms with Crippen LogP contribution in [0.4, 0.5) is 9.52 Å². The van der Waals surface area contributed by atoms with Crippen LogP contribution in [0.15, 0.2) is 22.5 Å². The molecule has 0 saturated carbocycles. The molecule has 0 unspecified atom stereocenters. The Morgan fingerprint density at radius 1 is 1.44 bits per heavy atom. The molecule has 0 atom stereocenters. The Morgan fingerprint density at radius 2 is 2.22 bits per heavy atom. The first kappa shape index (κ1) is 12.8. The quantitative estimate of drug-likeness (QED) is 0.832. The molecule has 0 radical (unpaired) electrons. The van der Waals surface area contributed by atoms with E-state index in [9.17, 15) is 9.18 Å². The Labute approximate surface area is 110 Å². The molecule has 0 fully saturated rings. The molecule has 18 heavy (non-hydrogen) atoms. The molecular formula is C10H9FN4OS2. The molecule has 0 aliphatic rings. The van der Waals surface area contributed by atoms with E-state index in [0.717, 1.165) is 0 Å². The van der Waals surface area contributed by atoms with Gasteiger partial charge >= 0.3 is 0 Å². The minimum absolute atomic E-state index is 0.281. The third-order valence-electron chi connectivity index (χ3n) is 2.10.